The lowest BCUT2D eigenvalue weighted by atomic mass is 10.1. The van der Waals surface area contributed by atoms with E-state index in [0.717, 1.165) is 12.0 Å². The Kier molecular flexibility index (Phi) is 9.93. The van der Waals surface area contributed by atoms with Gasteiger partial charge in [0.25, 0.3) is 5.91 Å². The number of hydrogen-bond acceptors (Lipinski definition) is 3. The van der Waals surface area contributed by atoms with Crippen molar-refractivity contribution in [3.8, 4) is 0 Å². The van der Waals surface area contributed by atoms with Crippen molar-refractivity contribution in [2.24, 2.45) is 0 Å². The molecule has 7 nitrogen and oxygen atoms in total. The molecule has 0 aliphatic carbocycles. The summed E-state index contributed by atoms with van der Waals surface area (Å²) in [4.78, 5) is 37.5. The van der Waals surface area contributed by atoms with E-state index >= 15 is 0 Å². The van der Waals surface area contributed by atoms with E-state index in [-0.39, 0.29) is 36.9 Å². The fourth-order valence-electron chi connectivity index (χ4n) is 2.44. The van der Waals surface area contributed by atoms with E-state index < -0.39 is 0 Å². The number of carbonyl (C=O) groups is 3. The topological polar surface area (TPSA) is 90.5 Å². The van der Waals surface area contributed by atoms with Crippen LogP contribution in [-0.2, 0) is 11.3 Å². The van der Waals surface area contributed by atoms with E-state index in [4.69, 9.17) is 0 Å². The number of hydrogen-bond donors (Lipinski definition) is 3. The Morgan fingerprint density at radius 3 is 2.19 bits per heavy atom. The Morgan fingerprint density at radius 2 is 1.63 bits per heavy atom. The molecule has 0 saturated heterocycles. The Labute approximate surface area is 161 Å². The molecule has 7 heteroatoms. The molecule has 3 N–H and O–H groups in total. The zero-order valence-electron chi connectivity index (χ0n) is 16.8. The molecule has 1 atom stereocenters. The molecular weight excluding hydrogens is 344 g/mol. The first-order valence-corrected chi connectivity index (χ1v) is 9.60. The number of amides is 4. The van der Waals surface area contributed by atoms with Gasteiger partial charge >= 0.3 is 6.03 Å². The number of nitrogens with zero attached hydrogens (tertiary/aromatic N) is 1. The first-order valence-electron chi connectivity index (χ1n) is 9.60. The van der Waals surface area contributed by atoms with Gasteiger partial charge in [-0.2, -0.15) is 0 Å². The third kappa shape index (κ3) is 8.11. The van der Waals surface area contributed by atoms with Crippen LogP contribution >= 0.6 is 0 Å². The van der Waals surface area contributed by atoms with Gasteiger partial charge in [0.2, 0.25) is 5.91 Å². The molecular formula is C20H32N4O3. The van der Waals surface area contributed by atoms with E-state index in [1.54, 1.807) is 17.0 Å². The minimum atomic E-state index is -0.324. The summed E-state index contributed by atoms with van der Waals surface area (Å²) in [7, 11) is 0. The van der Waals surface area contributed by atoms with Crippen LogP contribution in [0.3, 0.4) is 0 Å². The number of nitrogens with one attached hydrogen (secondary N) is 3. The molecule has 1 aromatic rings. The van der Waals surface area contributed by atoms with Crippen molar-refractivity contribution in [3.05, 3.63) is 35.4 Å². The average molecular weight is 377 g/mol. The summed E-state index contributed by atoms with van der Waals surface area (Å²) < 4.78 is 0. The summed E-state index contributed by atoms with van der Waals surface area (Å²) in [5.74, 6) is -0.0639. The second-order valence-corrected chi connectivity index (χ2v) is 6.41. The van der Waals surface area contributed by atoms with Crippen LogP contribution in [0.4, 0.5) is 4.79 Å². The number of urea groups is 1. The van der Waals surface area contributed by atoms with Crippen molar-refractivity contribution in [3.63, 3.8) is 0 Å². The monoisotopic (exact) mass is 376 g/mol. The second kappa shape index (κ2) is 11.9. The molecule has 4 amide bonds. The SMILES string of the molecule is CCC(C)NC(=O)CCNC(=O)NCc1ccc(C(=O)N(CC)CC)cc1. The summed E-state index contributed by atoms with van der Waals surface area (Å²) in [6, 6.07) is 7.02. The zero-order valence-corrected chi connectivity index (χ0v) is 16.8. The average Bonchev–Trinajstić information content (AvgIpc) is 2.67. The van der Waals surface area contributed by atoms with E-state index in [2.05, 4.69) is 16.0 Å². The molecule has 0 aliphatic heterocycles. The maximum Gasteiger partial charge on any atom is 0.315 e. The maximum atomic E-state index is 12.3. The highest BCUT2D eigenvalue weighted by Crippen LogP contribution is 2.08. The molecule has 0 radical (unpaired) electrons. The van der Waals surface area contributed by atoms with Gasteiger partial charge in [-0.15, -0.1) is 0 Å². The van der Waals surface area contributed by atoms with E-state index in [9.17, 15) is 14.4 Å². The summed E-state index contributed by atoms with van der Waals surface area (Å²) in [5.41, 5.74) is 1.54. The van der Waals surface area contributed by atoms with Gasteiger partial charge in [-0.1, -0.05) is 19.1 Å². The molecule has 0 bridgehead atoms. The van der Waals surface area contributed by atoms with E-state index in [1.165, 1.54) is 0 Å². The normalized spacial score (nSPS) is 11.4. The third-order valence-electron chi connectivity index (χ3n) is 4.36. The molecule has 1 aromatic carbocycles. The standard InChI is InChI=1S/C20H32N4O3/c1-5-15(4)23-18(25)12-13-21-20(27)22-14-16-8-10-17(11-9-16)19(26)24(6-2)7-3/h8-11,15H,5-7,12-14H2,1-4H3,(H,23,25)(H2,21,22,27). The highest BCUT2D eigenvalue weighted by Gasteiger charge is 2.12. The number of benzene rings is 1. The minimum Gasteiger partial charge on any atom is -0.354 e. The Hall–Kier alpha value is -2.57. The lowest BCUT2D eigenvalue weighted by Crippen LogP contribution is -2.38. The van der Waals surface area contributed by atoms with Gasteiger partial charge in [0.1, 0.15) is 0 Å². The van der Waals surface area contributed by atoms with E-state index in [0.29, 0.717) is 25.2 Å². The maximum absolute atomic E-state index is 12.3. The van der Waals surface area contributed by atoms with Crippen molar-refractivity contribution in [2.75, 3.05) is 19.6 Å². The predicted molar refractivity (Wildman–Crippen MR) is 106 cm³/mol. The van der Waals surface area contributed by atoms with Crippen LogP contribution in [-0.4, -0.2) is 48.4 Å². The van der Waals surface area contributed by atoms with Crippen LogP contribution < -0.4 is 16.0 Å². The lowest BCUT2D eigenvalue weighted by Gasteiger charge is -2.18. The minimum absolute atomic E-state index is 0.00733. The largest absolute Gasteiger partial charge is 0.354 e. The third-order valence-corrected chi connectivity index (χ3v) is 4.36. The van der Waals surface area contributed by atoms with Crippen LogP contribution in [0.15, 0.2) is 24.3 Å². The number of rotatable bonds is 10. The molecule has 0 spiro atoms. The zero-order chi connectivity index (χ0) is 20.2. The Bertz CT molecular complexity index is 612. The van der Waals surface area contributed by atoms with Gasteiger partial charge in [-0.3, -0.25) is 9.59 Å². The van der Waals surface area contributed by atoms with Crippen molar-refractivity contribution in [1.82, 2.24) is 20.9 Å². The molecule has 0 aromatic heterocycles. The van der Waals surface area contributed by atoms with Gasteiger partial charge in [0.05, 0.1) is 0 Å². The molecule has 0 saturated carbocycles. The molecule has 0 aliphatic rings. The molecule has 1 unspecified atom stereocenters. The van der Waals surface area contributed by atoms with Crippen molar-refractivity contribution in [1.29, 1.82) is 0 Å². The van der Waals surface area contributed by atoms with Crippen LogP contribution in [0.2, 0.25) is 0 Å². The summed E-state index contributed by atoms with van der Waals surface area (Å²) in [6.45, 7) is 9.83. The summed E-state index contributed by atoms with van der Waals surface area (Å²) in [6.07, 6.45) is 1.12. The first kappa shape index (κ1) is 22.5. The fourth-order valence-corrected chi connectivity index (χ4v) is 2.44. The lowest BCUT2D eigenvalue weighted by molar-refractivity contribution is -0.121. The smallest absolute Gasteiger partial charge is 0.315 e. The van der Waals surface area contributed by atoms with Crippen molar-refractivity contribution < 1.29 is 14.4 Å². The van der Waals surface area contributed by atoms with Gasteiger partial charge in [-0.05, 0) is 44.9 Å². The predicted octanol–water partition coefficient (Wildman–Crippen LogP) is 2.27. The van der Waals surface area contributed by atoms with Crippen LogP contribution in [0.5, 0.6) is 0 Å². The molecule has 0 heterocycles. The van der Waals surface area contributed by atoms with Gasteiger partial charge in [0, 0.05) is 44.2 Å². The van der Waals surface area contributed by atoms with Crippen molar-refractivity contribution in [2.45, 2.75) is 53.1 Å². The number of carbonyl (C=O) groups excluding carboxylic acids is 3. The molecule has 0 fully saturated rings. The molecule has 27 heavy (non-hydrogen) atoms. The highest BCUT2D eigenvalue weighted by molar-refractivity contribution is 5.94. The molecule has 1 rings (SSSR count). The Morgan fingerprint density at radius 1 is 1.00 bits per heavy atom. The second-order valence-electron chi connectivity index (χ2n) is 6.41. The summed E-state index contributed by atoms with van der Waals surface area (Å²) >= 11 is 0. The van der Waals surface area contributed by atoms with Crippen LogP contribution in [0.25, 0.3) is 0 Å². The van der Waals surface area contributed by atoms with Gasteiger partial charge < -0.3 is 20.9 Å². The quantitative estimate of drug-likeness (QED) is 0.585. The van der Waals surface area contributed by atoms with Gasteiger partial charge in [0.15, 0.2) is 0 Å². The van der Waals surface area contributed by atoms with Gasteiger partial charge in [-0.25, -0.2) is 4.79 Å². The van der Waals surface area contributed by atoms with Crippen molar-refractivity contribution >= 4 is 17.8 Å². The highest BCUT2D eigenvalue weighted by atomic mass is 16.2. The summed E-state index contributed by atoms with van der Waals surface area (Å²) in [5, 5.41) is 8.25. The fraction of sp³-hybridized carbons (Fsp3) is 0.550. The Balaban J connectivity index is 2.35. The first-order chi connectivity index (χ1) is 12.9. The molecule has 150 valence electrons. The van der Waals surface area contributed by atoms with Crippen LogP contribution in [0, 0.1) is 0 Å². The van der Waals surface area contributed by atoms with E-state index in [1.807, 2.05) is 39.8 Å². The van der Waals surface area contributed by atoms with Crippen LogP contribution in [0.1, 0.15) is 56.5 Å².